The second-order valence-corrected chi connectivity index (χ2v) is 3.73. The third kappa shape index (κ3) is 2.50. The molecule has 0 saturated carbocycles. The summed E-state index contributed by atoms with van der Waals surface area (Å²) in [6.07, 6.45) is 2.19. The molecule has 1 fully saturated rings. The summed E-state index contributed by atoms with van der Waals surface area (Å²) in [6, 6.07) is 3.92. The van der Waals surface area contributed by atoms with E-state index in [-0.39, 0.29) is 0 Å². The van der Waals surface area contributed by atoms with Crippen molar-refractivity contribution in [2.45, 2.75) is 18.9 Å². The SMILES string of the molecule is Nc1ccc(NC2CCCOC2)nc1N. The zero-order chi connectivity index (χ0) is 10.7. The van der Waals surface area contributed by atoms with Crippen LogP contribution in [-0.4, -0.2) is 24.2 Å². The van der Waals surface area contributed by atoms with Crippen LogP contribution in [0.4, 0.5) is 17.3 Å². The fourth-order valence-electron chi connectivity index (χ4n) is 1.63. The molecule has 1 saturated heterocycles. The number of ether oxygens (including phenoxy) is 1. The van der Waals surface area contributed by atoms with Gasteiger partial charge in [0, 0.05) is 6.61 Å². The maximum atomic E-state index is 5.62. The molecule has 1 aliphatic rings. The lowest BCUT2D eigenvalue weighted by atomic mass is 10.1. The standard InChI is InChI=1S/C10H16N4O/c11-8-3-4-9(14-10(8)12)13-7-2-1-5-15-6-7/h3-4,7H,1-2,5-6,11H2,(H3,12,13,14). The smallest absolute Gasteiger partial charge is 0.149 e. The predicted octanol–water partition coefficient (Wildman–Crippen LogP) is 0.837. The van der Waals surface area contributed by atoms with Crippen molar-refractivity contribution in [3.05, 3.63) is 12.1 Å². The van der Waals surface area contributed by atoms with Crippen LogP contribution in [0, 0.1) is 0 Å². The lowest BCUT2D eigenvalue weighted by Gasteiger charge is -2.23. The van der Waals surface area contributed by atoms with Crippen molar-refractivity contribution >= 4 is 17.3 Å². The Labute approximate surface area is 88.8 Å². The summed E-state index contributed by atoms with van der Waals surface area (Å²) in [5, 5.41) is 3.28. The number of hydrogen-bond acceptors (Lipinski definition) is 5. The number of aromatic nitrogens is 1. The summed E-state index contributed by atoms with van der Waals surface area (Å²) in [5.74, 6) is 1.13. The largest absolute Gasteiger partial charge is 0.396 e. The molecule has 0 bridgehead atoms. The highest BCUT2D eigenvalue weighted by Crippen LogP contribution is 2.17. The van der Waals surface area contributed by atoms with E-state index in [9.17, 15) is 0 Å². The number of nitrogens with two attached hydrogens (primary N) is 2. The molecule has 5 nitrogen and oxygen atoms in total. The molecule has 0 aliphatic carbocycles. The van der Waals surface area contributed by atoms with Gasteiger partial charge in [0.15, 0.2) is 0 Å². The summed E-state index contributed by atoms with van der Waals surface area (Å²) in [5.41, 5.74) is 11.7. The predicted molar refractivity (Wildman–Crippen MR) is 60.5 cm³/mol. The minimum absolute atomic E-state index is 0.328. The molecule has 2 heterocycles. The number of nitrogen functional groups attached to an aromatic ring is 2. The molecule has 5 heteroatoms. The zero-order valence-corrected chi connectivity index (χ0v) is 8.57. The molecule has 1 aromatic rings. The maximum Gasteiger partial charge on any atom is 0.149 e. The van der Waals surface area contributed by atoms with Crippen LogP contribution in [-0.2, 0) is 4.74 Å². The lowest BCUT2D eigenvalue weighted by Crippen LogP contribution is -2.30. The first-order valence-electron chi connectivity index (χ1n) is 5.12. The molecular formula is C10H16N4O. The third-order valence-corrected chi connectivity index (χ3v) is 2.47. The first kappa shape index (κ1) is 10.0. The molecule has 2 rings (SSSR count). The lowest BCUT2D eigenvalue weighted by molar-refractivity contribution is 0.0875. The van der Waals surface area contributed by atoms with Crippen LogP contribution >= 0.6 is 0 Å². The van der Waals surface area contributed by atoms with Gasteiger partial charge in [0.1, 0.15) is 11.6 Å². The van der Waals surface area contributed by atoms with Gasteiger partial charge in [-0.1, -0.05) is 0 Å². The third-order valence-electron chi connectivity index (χ3n) is 2.47. The monoisotopic (exact) mass is 208 g/mol. The molecular weight excluding hydrogens is 192 g/mol. The summed E-state index contributed by atoms with van der Waals surface area (Å²) in [7, 11) is 0. The number of pyridine rings is 1. The summed E-state index contributed by atoms with van der Waals surface area (Å²) in [6.45, 7) is 1.58. The average molecular weight is 208 g/mol. The van der Waals surface area contributed by atoms with E-state index < -0.39 is 0 Å². The Balaban J connectivity index is 2.00. The second kappa shape index (κ2) is 4.35. The summed E-state index contributed by atoms with van der Waals surface area (Å²) < 4.78 is 5.36. The van der Waals surface area contributed by atoms with Gasteiger partial charge in [-0.05, 0) is 25.0 Å². The number of nitrogens with zero attached hydrogens (tertiary/aromatic N) is 1. The van der Waals surface area contributed by atoms with Crippen molar-refractivity contribution in [1.82, 2.24) is 4.98 Å². The molecule has 1 aromatic heterocycles. The fraction of sp³-hybridized carbons (Fsp3) is 0.500. The van der Waals surface area contributed by atoms with Crippen molar-refractivity contribution in [3.63, 3.8) is 0 Å². The van der Waals surface area contributed by atoms with Crippen LogP contribution in [0.25, 0.3) is 0 Å². The maximum absolute atomic E-state index is 5.62. The van der Waals surface area contributed by atoms with Gasteiger partial charge in [-0.2, -0.15) is 0 Å². The Kier molecular flexibility index (Phi) is 2.91. The molecule has 0 aromatic carbocycles. The molecule has 0 radical (unpaired) electrons. The summed E-state index contributed by atoms with van der Waals surface area (Å²) >= 11 is 0. The van der Waals surface area contributed by atoms with Crippen LogP contribution in [0.2, 0.25) is 0 Å². The molecule has 1 atom stereocenters. The Hall–Kier alpha value is -1.49. The highest BCUT2D eigenvalue weighted by atomic mass is 16.5. The van der Waals surface area contributed by atoms with Crippen LogP contribution in [0.3, 0.4) is 0 Å². The minimum atomic E-state index is 0.328. The minimum Gasteiger partial charge on any atom is -0.396 e. The van der Waals surface area contributed by atoms with E-state index in [2.05, 4.69) is 10.3 Å². The Morgan fingerprint density at radius 1 is 1.40 bits per heavy atom. The topological polar surface area (TPSA) is 86.2 Å². The van der Waals surface area contributed by atoms with Crippen LogP contribution in [0.5, 0.6) is 0 Å². The quantitative estimate of drug-likeness (QED) is 0.670. The van der Waals surface area contributed by atoms with Gasteiger partial charge in [-0.15, -0.1) is 0 Å². The zero-order valence-electron chi connectivity index (χ0n) is 8.57. The number of rotatable bonds is 2. The van der Waals surface area contributed by atoms with E-state index in [0.717, 1.165) is 31.9 Å². The van der Waals surface area contributed by atoms with Gasteiger partial charge in [0.2, 0.25) is 0 Å². The molecule has 5 N–H and O–H groups in total. The van der Waals surface area contributed by atoms with Gasteiger partial charge < -0.3 is 21.5 Å². The van der Waals surface area contributed by atoms with E-state index in [0.29, 0.717) is 17.5 Å². The molecule has 82 valence electrons. The van der Waals surface area contributed by atoms with Gasteiger partial charge in [-0.3, -0.25) is 0 Å². The molecule has 15 heavy (non-hydrogen) atoms. The summed E-state index contributed by atoms with van der Waals surface area (Å²) in [4.78, 5) is 4.15. The first-order valence-corrected chi connectivity index (χ1v) is 5.12. The number of anilines is 3. The van der Waals surface area contributed by atoms with Gasteiger partial charge in [0.25, 0.3) is 0 Å². The van der Waals surface area contributed by atoms with Gasteiger partial charge in [0.05, 0.1) is 18.3 Å². The molecule has 1 unspecified atom stereocenters. The van der Waals surface area contributed by atoms with Gasteiger partial charge >= 0.3 is 0 Å². The van der Waals surface area contributed by atoms with E-state index >= 15 is 0 Å². The second-order valence-electron chi connectivity index (χ2n) is 3.73. The van der Waals surface area contributed by atoms with Crippen molar-refractivity contribution in [1.29, 1.82) is 0 Å². The normalized spacial score (nSPS) is 21.2. The number of nitrogens with one attached hydrogen (secondary N) is 1. The van der Waals surface area contributed by atoms with Gasteiger partial charge in [-0.25, -0.2) is 4.98 Å². The highest BCUT2D eigenvalue weighted by Gasteiger charge is 2.13. The highest BCUT2D eigenvalue weighted by molar-refractivity contribution is 5.61. The van der Waals surface area contributed by atoms with Crippen LogP contribution in [0.15, 0.2) is 12.1 Å². The molecule has 0 spiro atoms. The fourth-order valence-corrected chi connectivity index (χ4v) is 1.63. The number of hydrogen-bond donors (Lipinski definition) is 3. The van der Waals surface area contributed by atoms with E-state index in [1.807, 2.05) is 6.07 Å². The Morgan fingerprint density at radius 3 is 2.93 bits per heavy atom. The van der Waals surface area contributed by atoms with Crippen molar-refractivity contribution in [3.8, 4) is 0 Å². The van der Waals surface area contributed by atoms with Crippen LogP contribution < -0.4 is 16.8 Å². The van der Waals surface area contributed by atoms with E-state index in [4.69, 9.17) is 16.2 Å². The molecule has 1 aliphatic heterocycles. The average Bonchev–Trinajstić information content (AvgIpc) is 2.25. The molecule has 0 amide bonds. The van der Waals surface area contributed by atoms with E-state index in [1.165, 1.54) is 0 Å². The Bertz CT molecular complexity index is 336. The first-order chi connectivity index (χ1) is 7.25. The van der Waals surface area contributed by atoms with Crippen molar-refractivity contribution in [2.75, 3.05) is 30.0 Å². The van der Waals surface area contributed by atoms with Crippen molar-refractivity contribution in [2.24, 2.45) is 0 Å². The Morgan fingerprint density at radius 2 is 2.27 bits per heavy atom. The van der Waals surface area contributed by atoms with Crippen molar-refractivity contribution < 1.29 is 4.74 Å². The van der Waals surface area contributed by atoms with Crippen LogP contribution in [0.1, 0.15) is 12.8 Å². The van der Waals surface area contributed by atoms with E-state index in [1.54, 1.807) is 6.07 Å².